The fraction of sp³-hybridized carbons (Fsp3) is 0.231. The van der Waals surface area contributed by atoms with Crippen LogP contribution in [-0.2, 0) is 4.79 Å². The van der Waals surface area contributed by atoms with Gasteiger partial charge in [-0.25, -0.2) is 15.0 Å². The van der Waals surface area contributed by atoms with Gasteiger partial charge in [-0.2, -0.15) is 0 Å². The molecule has 1 atom stereocenters. The molecular weight excluding hydrogens is 430 g/mol. The molecule has 1 amide bonds. The van der Waals surface area contributed by atoms with Gasteiger partial charge in [-0.3, -0.25) is 4.79 Å². The molecule has 1 N–H and O–H groups in total. The molecule has 1 aliphatic rings. The Balaban J connectivity index is 1.28. The number of benzene rings is 2. The second-order valence-electron chi connectivity index (χ2n) is 8.23. The maximum absolute atomic E-state index is 13.1. The van der Waals surface area contributed by atoms with Crippen molar-refractivity contribution in [1.29, 1.82) is 0 Å². The Hall–Kier alpha value is -3.58. The van der Waals surface area contributed by atoms with Crippen LogP contribution in [0.5, 0.6) is 0 Å². The lowest BCUT2D eigenvalue weighted by atomic mass is 9.96. The van der Waals surface area contributed by atoms with Crippen LogP contribution in [0.4, 0.5) is 11.5 Å². The molecule has 0 spiro atoms. The molecule has 1 saturated heterocycles. The van der Waals surface area contributed by atoms with Gasteiger partial charge < -0.3 is 10.2 Å². The minimum Gasteiger partial charge on any atom is -0.356 e. The van der Waals surface area contributed by atoms with E-state index in [9.17, 15) is 4.79 Å². The molecule has 5 rings (SSSR count). The van der Waals surface area contributed by atoms with Crippen LogP contribution in [-0.4, -0.2) is 33.9 Å². The van der Waals surface area contributed by atoms with Crippen molar-refractivity contribution in [3.63, 3.8) is 0 Å². The standard InChI is InChI=1S/C26H25N5OS/c1-18-29-24(16-33-18)20-9-5-11-22(13-20)30-26(32)21-10-6-12-31(15-21)25-14-23(27-17-28-25)19-7-3-2-4-8-19/h2-5,7-9,11,13-14,16-17,21H,6,10,12,15H2,1H3,(H,30,32). The van der Waals surface area contributed by atoms with Crippen molar-refractivity contribution in [2.45, 2.75) is 19.8 Å². The van der Waals surface area contributed by atoms with Crippen LogP contribution < -0.4 is 10.2 Å². The highest BCUT2D eigenvalue weighted by Crippen LogP contribution is 2.27. The zero-order valence-corrected chi connectivity index (χ0v) is 19.3. The minimum atomic E-state index is -0.0981. The van der Waals surface area contributed by atoms with E-state index in [1.165, 1.54) is 0 Å². The summed E-state index contributed by atoms with van der Waals surface area (Å²) in [6.07, 6.45) is 3.41. The SMILES string of the molecule is Cc1nc(-c2cccc(NC(=O)C3CCCN(c4cc(-c5ccccc5)ncn4)C3)c2)cs1. The zero-order valence-electron chi connectivity index (χ0n) is 18.4. The molecule has 6 nitrogen and oxygen atoms in total. The molecule has 166 valence electrons. The van der Waals surface area contributed by atoms with Gasteiger partial charge in [0.1, 0.15) is 12.1 Å². The van der Waals surface area contributed by atoms with Gasteiger partial charge in [0.05, 0.1) is 22.3 Å². The predicted molar refractivity (Wildman–Crippen MR) is 133 cm³/mol. The first-order chi connectivity index (χ1) is 16.2. The molecule has 1 fully saturated rings. The smallest absolute Gasteiger partial charge is 0.229 e. The molecule has 1 unspecified atom stereocenters. The largest absolute Gasteiger partial charge is 0.356 e. The maximum atomic E-state index is 13.1. The van der Waals surface area contributed by atoms with Crippen molar-refractivity contribution in [3.05, 3.63) is 77.4 Å². The fourth-order valence-corrected chi connectivity index (χ4v) is 4.80. The number of hydrogen-bond donors (Lipinski definition) is 1. The predicted octanol–water partition coefficient (Wildman–Crippen LogP) is 5.43. The number of piperidine rings is 1. The number of thiazole rings is 1. The highest BCUT2D eigenvalue weighted by Gasteiger charge is 2.27. The van der Waals surface area contributed by atoms with Gasteiger partial charge in [-0.1, -0.05) is 42.5 Å². The number of carbonyl (C=O) groups is 1. The molecule has 2 aromatic heterocycles. The first-order valence-corrected chi connectivity index (χ1v) is 12.0. The quantitative estimate of drug-likeness (QED) is 0.434. The average Bonchev–Trinajstić information content (AvgIpc) is 3.31. The Morgan fingerprint density at radius 3 is 2.70 bits per heavy atom. The number of rotatable bonds is 5. The second-order valence-corrected chi connectivity index (χ2v) is 9.30. The number of nitrogens with zero attached hydrogens (tertiary/aromatic N) is 4. The van der Waals surface area contributed by atoms with E-state index in [4.69, 9.17) is 0 Å². The second kappa shape index (κ2) is 9.50. The van der Waals surface area contributed by atoms with Crippen molar-refractivity contribution >= 4 is 28.7 Å². The molecule has 0 saturated carbocycles. The van der Waals surface area contributed by atoms with E-state index in [2.05, 4.69) is 25.2 Å². The van der Waals surface area contributed by atoms with E-state index >= 15 is 0 Å². The number of nitrogens with one attached hydrogen (secondary N) is 1. The highest BCUT2D eigenvalue weighted by atomic mass is 32.1. The fourth-order valence-electron chi connectivity index (χ4n) is 4.18. The van der Waals surface area contributed by atoms with E-state index < -0.39 is 0 Å². The van der Waals surface area contributed by atoms with Crippen molar-refractivity contribution in [1.82, 2.24) is 15.0 Å². The van der Waals surface area contributed by atoms with Crippen LogP contribution >= 0.6 is 11.3 Å². The normalized spacial score (nSPS) is 15.9. The molecule has 0 radical (unpaired) electrons. The van der Waals surface area contributed by atoms with Gasteiger partial charge >= 0.3 is 0 Å². The van der Waals surface area contributed by atoms with E-state index in [-0.39, 0.29) is 11.8 Å². The summed E-state index contributed by atoms with van der Waals surface area (Å²) < 4.78 is 0. The molecule has 2 aromatic carbocycles. The van der Waals surface area contributed by atoms with Crippen LogP contribution in [0, 0.1) is 12.8 Å². The van der Waals surface area contributed by atoms with Crippen LogP contribution in [0.15, 0.2) is 72.4 Å². The molecule has 7 heteroatoms. The Labute approximate surface area is 197 Å². The first-order valence-electron chi connectivity index (χ1n) is 11.1. The van der Waals surface area contributed by atoms with E-state index in [1.54, 1.807) is 17.7 Å². The molecule has 0 aliphatic carbocycles. The van der Waals surface area contributed by atoms with Crippen LogP contribution in [0.2, 0.25) is 0 Å². The summed E-state index contributed by atoms with van der Waals surface area (Å²) in [6.45, 7) is 3.52. The lowest BCUT2D eigenvalue weighted by molar-refractivity contribution is -0.120. The summed E-state index contributed by atoms with van der Waals surface area (Å²) in [5.74, 6) is 0.810. The summed E-state index contributed by atoms with van der Waals surface area (Å²) in [5.41, 5.74) is 4.70. The number of hydrogen-bond acceptors (Lipinski definition) is 6. The Kier molecular flexibility index (Phi) is 6.13. The van der Waals surface area contributed by atoms with Gasteiger partial charge in [0.15, 0.2) is 0 Å². The summed E-state index contributed by atoms with van der Waals surface area (Å²) in [6, 6.07) is 20.0. The van der Waals surface area contributed by atoms with Crippen molar-refractivity contribution in [3.8, 4) is 22.5 Å². The Bertz CT molecular complexity index is 1260. The summed E-state index contributed by atoms with van der Waals surface area (Å²) >= 11 is 1.62. The number of amides is 1. The Morgan fingerprint density at radius 2 is 1.88 bits per heavy atom. The van der Waals surface area contributed by atoms with Crippen LogP contribution in [0.25, 0.3) is 22.5 Å². The maximum Gasteiger partial charge on any atom is 0.229 e. The third-order valence-electron chi connectivity index (χ3n) is 5.88. The molecule has 0 bridgehead atoms. The van der Waals surface area contributed by atoms with Crippen molar-refractivity contribution in [2.75, 3.05) is 23.3 Å². The topological polar surface area (TPSA) is 71.0 Å². The lowest BCUT2D eigenvalue weighted by Gasteiger charge is -2.33. The third kappa shape index (κ3) is 4.93. The first kappa shape index (κ1) is 21.3. The van der Waals surface area contributed by atoms with Gasteiger partial charge in [-0.05, 0) is 31.9 Å². The van der Waals surface area contributed by atoms with Crippen LogP contribution in [0.3, 0.4) is 0 Å². The molecule has 1 aliphatic heterocycles. The zero-order chi connectivity index (χ0) is 22.6. The lowest BCUT2D eigenvalue weighted by Crippen LogP contribution is -2.41. The molecule has 33 heavy (non-hydrogen) atoms. The molecule has 4 aromatic rings. The van der Waals surface area contributed by atoms with E-state index in [0.29, 0.717) is 6.54 Å². The van der Waals surface area contributed by atoms with Crippen molar-refractivity contribution < 1.29 is 4.79 Å². The van der Waals surface area contributed by atoms with Crippen molar-refractivity contribution in [2.24, 2.45) is 5.92 Å². The van der Waals surface area contributed by atoms with Gasteiger partial charge in [0.2, 0.25) is 5.91 Å². The number of aryl methyl sites for hydroxylation is 1. The third-order valence-corrected chi connectivity index (χ3v) is 6.66. The average molecular weight is 456 g/mol. The highest BCUT2D eigenvalue weighted by molar-refractivity contribution is 7.09. The summed E-state index contributed by atoms with van der Waals surface area (Å²) in [5, 5.41) is 6.19. The number of aromatic nitrogens is 3. The molecule has 3 heterocycles. The minimum absolute atomic E-state index is 0.0450. The monoisotopic (exact) mass is 455 g/mol. The van der Waals surface area contributed by atoms with E-state index in [0.717, 1.165) is 58.4 Å². The van der Waals surface area contributed by atoms with Gasteiger partial charge in [0.25, 0.3) is 0 Å². The number of carbonyl (C=O) groups excluding carboxylic acids is 1. The number of anilines is 2. The van der Waals surface area contributed by atoms with E-state index in [1.807, 2.05) is 73.0 Å². The van der Waals surface area contributed by atoms with Gasteiger partial charge in [-0.15, -0.1) is 11.3 Å². The van der Waals surface area contributed by atoms with Gasteiger partial charge in [0, 0.05) is 41.4 Å². The summed E-state index contributed by atoms with van der Waals surface area (Å²) in [4.78, 5) is 28.8. The van der Waals surface area contributed by atoms with Crippen LogP contribution in [0.1, 0.15) is 17.8 Å². The Morgan fingerprint density at radius 1 is 1.03 bits per heavy atom. The molecular formula is C26H25N5OS. The summed E-state index contributed by atoms with van der Waals surface area (Å²) in [7, 11) is 0.